The minimum atomic E-state index is 0. The summed E-state index contributed by atoms with van der Waals surface area (Å²) in [6.07, 6.45) is 0. The first-order valence-corrected chi connectivity index (χ1v) is 0. The molecule has 0 fully saturated rings. The molecule has 0 aromatic carbocycles. The molecule has 0 aromatic rings. The summed E-state index contributed by atoms with van der Waals surface area (Å²) in [5.74, 6) is 0. The van der Waals surface area contributed by atoms with Gasteiger partial charge >= 0.3 is 81.7 Å². The number of hydrogen-bond acceptors (Lipinski definition) is 0. The summed E-state index contributed by atoms with van der Waals surface area (Å²) in [7, 11) is 0. The molecule has 0 aliphatic rings. The second kappa shape index (κ2) is 50.0. The van der Waals surface area contributed by atoms with Crippen molar-refractivity contribution >= 4 is 0 Å². The fourth-order valence-electron chi connectivity index (χ4n) is 0. The Morgan fingerprint density at radius 2 is 0.500 bits per heavy atom. The quantitative estimate of drug-likeness (QED) is 0.521. The minimum absolute atomic E-state index is 0. The molecule has 0 saturated carbocycles. The van der Waals surface area contributed by atoms with Crippen molar-refractivity contribution in [2.75, 3.05) is 0 Å². The first kappa shape index (κ1) is 75.2. The van der Waals surface area contributed by atoms with E-state index in [0.29, 0.717) is 0 Å². The van der Waals surface area contributed by atoms with Crippen molar-refractivity contribution in [3.8, 4) is 0 Å². The van der Waals surface area contributed by atoms with E-state index in [4.69, 9.17) is 0 Å². The van der Waals surface area contributed by atoms with Gasteiger partial charge < -0.3 is 21.9 Å². The molecule has 0 aliphatic carbocycles. The molecule has 4 nitrogen and oxygen atoms in total. The van der Waals surface area contributed by atoms with Crippen molar-refractivity contribution in [3.63, 3.8) is 0 Å². The van der Waals surface area contributed by atoms with Gasteiger partial charge in [0, 0.05) is 0 Å². The van der Waals surface area contributed by atoms with E-state index >= 15 is 0 Å². The van der Waals surface area contributed by atoms with E-state index in [9.17, 15) is 0 Å². The fraction of sp³-hybridized carbons (Fsp3) is 0. The first-order chi connectivity index (χ1) is 0. The van der Waals surface area contributed by atoms with Crippen LogP contribution in [0.1, 0.15) is 0 Å². The molecule has 0 saturated heterocycles. The van der Waals surface area contributed by atoms with Crippen molar-refractivity contribution in [3.05, 3.63) is 0 Å². The Kier molecular flexibility index (Phi) is 626. The van der Waals surface area contributed by atoms with Gasteiger partial charge in [-0.15, -0.1) is 0 Å². The predicted octanol–water partition coefficient (Wildman–Crippen LogP) is -1.18. The van der Waals surface area contributed by atoms with Crippen LogP contribution in [0.25, 0.3) is 0 Å². The van der Waals surface area contributed by atoms with Gasteiger partial charge in [-0.3, -0.25) is 0 Å². The van der Waals surface area contributed by atoms with Gasteiger partial charge in [0.2, 0.25) is 0 Å². The summed E-state index contributed by atoms with van der Waals surface area (Å²) in [5, 5.41) is 0. The van der Waals surface area contributed by atoms with Crippen LogP contribution in [0.3, 0.4) is 0 Å². The predicted molar refractivity (Wildman–Crippen MR) is 5.67 cm³/mol. The third-order valence-corrected chi connectivity index (χ3v) is 0. The van der Waals surface area contributed by atoms with Crippen molar-refractivity contribution < 1.29 is 104 Å². The van der Waals surface area contributed by atoms with Crippen molar-refractivity contribution in [2.24, 2.45) is 0 Å². The van der Waals surface area contributed by atoms with Gasteiger partial charge in [-0.05, 0) is 0 Å². The number of rotatable bonds is 0. The molecular weight excluding hydrogens is 352 g/mol. The van der Waals surface area contributed by atoms with Crippen molar-refractivity contribution in [1.82, 2.24) is 0 Å². The van der Waals surface area contributed by atoms with E-state index in [1.165, 1.54) is 0 Å². The van der Waals surface area contributed by atoms with E-state index in [-0.39, 0.29) is 104 Å². The molecule has 0 aromatic heterocycles. The topological polar surface area (TPSA) is 117 Å². The fourth-order valence-corrected chi connectivity index (χ4v) is 0. The maximum atomic E-state index is 0. The number of hydrogen-bond donors (Lipinski definition) is 0. The third-order valence-electron chi connectivity index (χ3n) is 0. The van der Waals surface area contributed by atoms with Crippen LogP contribution in [0.4, 0.5) is 0 Å². The van der Waals surface area contributed by atoms with Crippen LogP contribution in [0.15, 0.2) is 0 Å². The SMILES string of the molecule is O.[Nd+3].[Nd+3].[O-2].[O-2].[O-2]. The molecule has 0 unspecified atom stereocenters. The Labute approximate surface area is 101 Å². The van der Waals surface area contributed by atoms with E-state index in [2.05, 4.69) is 0 Å². The molecule has 0 aliphatic heterocycles. The molecule has 0 bridgehead atoms. The normalized spacial score (nSPS) is 0. The van der Waals surface area contributed by atoms with Crippen LogP contribution in [0.5, 0.6) is 0 Å². The molecule has 0 spiro atoms. The largest absolute Gasteiger partial charge is 3.00 e. The van der Waals surface area contributed by atoms with Crippen LogP contribution >= 0.6 is 0 Å². The average molecular weight is 354 g/mol. The maximum Gasteiger partial charge on any atom is 3.00 e. The molecule has 2 N–H and O–H groups in total. The van der Waals surface area contributed by atoms with Gasteiger partial charge in [0.25, 0.3) is 0 Å². The molecule has 0 amide bonds. The van der Waals surface area contributed by atoms with Gasteiger partial charge in [-0.2, -0.15) is 0 Å². The Bertz CT molecular complexity index is 5.51. The standard InChI is InChI=1S/2Nd.H2O.3O/h;;1H2;;;/q2*+3;;3*-2. The van der Waals surface area contributed by atoms with Crippen LogP contribution < -0.4 is 0 Å². The zero-order valence-electron chi connectivity index (χ0n) is 2.72. The summed E-state index contributed by atoms with van der Waals surface area (Å²) in [5.41, 5.74) is 0. The Morgan fingerprint density at radius 1 is 0.500 bits per heavy atom. The Morgan fingerprint density at radius 3 is 0.500 bits per heavy atom. The zero-order valence-corrected chi connectivity index (χ0v) is 9.14. The van der Waals surface area contributed by atoms with Gasteiger partial charge in [0.1, 0.15) is 0 Å². The van der Waals surface area contributed by atoms with E-state index < -0.39 is 0 Å². The third kappa shape index (κ3) is 31.1. The molecule has 0 atom stereocenters. The summed E-state index contributed by atoms with van der Waals surface area (Å²) >= 11 is 0. The second-order valence-corrected chi connectivity index (χ2v) is 0. The van der Waals surface area contributed by atoms with E-state index in [0.717, 1.165) is 0 Å². The van der Waals surface area contributed by atoms with Crippen molar-refractivity contribution in [2.45, 2.75) is 0 Å². The van der Waals surface area contributed by atoms with Crippen molar-refractivity contribution in [1.29, 1.82) is 0 Å². The summed E-state index contributed by atoms with van der Waals surface area (Å²) < 4.78 is 0. The van der Waals surface area contributed by atoms with Crippen LogP contribution in [0, 0.1) is 81.7 Å². The monoisotopic (exact) mass is 350 g/mol. The second-order valence-electron chi connectivity index (χ2n) is 0. The molecule has 34 valence electrons. The minimum Gasteiger partial charge on any atom is -2.00 e. The summed E-state index contributed by atoms with van der Waals surface area (Å²) in [6, 6.07) is 0. The van der Waals surface area contributed by atoms with E-state index in [1.54, 1.807) is 0 Å². The van der Waals surface area contributed by atoms with E-state index in [1.807, 2.05) is 0 Å². The van der Waals surface area contributed by atoms with Gasteiger partial charge in [0.05, 0.1) is 0 Å². The molecule has 6 heavy (non-hydrogen) atoms. The molecule has 0 heterocycles. The Hall–Kier alpha value is 2.54. The van der Waals surface area contributed by atoms with Crippen LogP contribution in [-0.2, 0) is 16.4 Å². The Balaban J connectivity index is 0. The van der Waals surface area contributed by atoms with Gasteiger partial charge in [-0.1, -0.05) is 0 Å². The molecular formula is H2Nd2O4. The smallest absolute Gasteiger partial charge is 2.00 e. The zero-order chi connectivity index (χ0) is 0. The average Bonchev–Trinajstić information content (AvgIpc) is 0. The first-order valence-electron chi connectivity index (χ1n) is 0. The molecule has 6 heteroatoms. The van der Waals surface area contributed by atoms with Crippen LogP contribution in [-0.4, -0.2) is 5.48 Å². The molecule has 0 rings (SSSR count). The van der Waals surface area contributed by atoms with Gasteiger partial charge in [0.15, 0.2) is 0 Å². The summed E-state index contributed by atoms with van der Waals surface area (Å²) in [6.45, 7) is 0. The van der Waals surface area contributed by atoms with Gasteiger partial charge in [-0.25, -0.2) is 0 Å². The maximum absolute atomic E-state index is 0. The summed E-state index contributed by atoms with van der Waals surface area (Å²) in [4.78, 5) is 0. The molecule has 2 radical (unpaired) electrons. The van der Waals surface area contributed by atoms with Crippen LogP contribution in [0.2, 0.25) is 0 Å².